The maximum atomic E-state index is 13.5. The number of amides is 2. The molecule has 5 rings (SSSR count). The van der Waals surface area contributed by atoms with Crippen LogP contribution in [0.3, 0.4) is 0 Å². The Morgan fingerprint density at radius 3 is 2.32 bits per heavy atom. The molecule has 1 fully saturated rings. The molecule has 0 aromatic heterocycles. The van der Waals surface area contributed by atoms with Gasteiger partial charge in [-0.25, -0.2) is 4.79 Å². The summed E-state index contributed by atoms with van der Waals surface area (Å²) in [5.74, 6) is -1.56. The molecular formula is C30H26N2O5S. The van der Waals surface area contributed by atoms with E-state index in [1.54, 1.807) is 48.0 Å². The van der Waals surface area contributed by atoms with E-state index in [1.165, 1.54) is 17.7 Å². The van der Waals surface area contributed by atoms with Gasteiger partial charge in [-0.3, -0.25) is 9.59 Å². The molecule has 38 heavy (non-hydrogen) atoms. The van der Waals surface area contributed by atoms with Gasteiger partial charge in [0, 0.05) is 16.5 Å². The summed E-state index contributed by atoms with van der Waals surface area (Å²) in [5, 5.41) is 12.4. The first kappa shape index (κ1) is 25.4. The predicted octanol–water partition coefficient (Wildman–Crippen LogP) is 5.08. The zero-order chi connectivity index (χ0) is 26.8. The molecule has 0 spiro atoms. The van der Waals surface area contributed by atoms with Crippen molar-refractivity contribution >= 4 is 35.2 Å². The van der Waals surface area contributed by atoms with Crippen LogP contribution in [0.15, 0.2) is 101 Å². The molecule has 1 aliphatic carbocycles. The Balaban J connectivity index is 1.45. The number of β-lactam (4-membered cyclic amide) rings is 1. The van der Waals surface area contributed by atoms with Gasteiger partial charge >= 0.3 is 5.97 Å². The second-order valence-electron chi connectivity index (χ2n) is 9.09. The molecule has 2 N–H and O–H groups in total. The molecule has 1 heterocycles. The number of carboxylic acids is 1. The number of aryl methyl sites for hydroxylation is 1. The first-order valence-corrected chi connectivity index (χ1v) is 12.9. The highest BCUT2D eigenvalue weighted by Gasteiger charge is 2.53. The van der Waals surface area contributed by atoms with Crippen LogP contribution in [0, 0.1) is 12.8 Å². The number of hydrogen-bond donors (Lipinski definition) is 2. The molecule has 0 saturated carbocycles. The Labute approximate surface area is 224 Å². The van der Waals surface area contributed by atoms with Gasteiger partial charge in [-0.15, -0.1) is 0 Å². The minimum atomic E-state index is -1.20. The molecule has 8 heteroatoms. The fraction of sp³-hybridized carbons (Fsp3) is 0.167. The third-order valence-corrected chi connectivity index (χ3v) is 7.87. The minimum Gasteiger partial charge on any atom is -0.497 e. The maximum absolute atomic E-state index is 13.5. The van der Waals surface area contributed by atoms with E-state index in [-0.39, 0.29) is 23.0 Å². The molecule has 7 nitrogen and oxygen atoms in total. The largest absolute Gasteiger partial charge is 0.497 e. The number of benzene rings is 3. The lowest BCUT2D eigenvalue weighted by molar-refractivity contribution is -0.127. The summed E-state index contributed by atoms with van der Waals surface area (Å²) in [4.78, 5) is 42.2. The Hall–Kier alpha value is -4.30. The van der Waals surface area contributed by atoms with Gasteiger partial charge in [-0.1, -0.05) is 59.8 Å². The SMILES string of the molecule is COc1ccc(N2C(=O)[C@@H](NC(=O)c3ccccc3C(=O)O)[C@H]2C2C=CC=C2Sc2ccc(C)cc2)cc1. The molecule has 0 radical (unpaired) electrons. The van der Waals surface area contributed by atoms with Gasteiger partial charge < -0.3 is 20.1 Å². The lowest BCUT2D eigenvalue weighted by Crippen LogP contribution is -2.73. The van der Waals surface area contributed by atoms with Crippen LogP contribution in [0.1, 0.15) is 26.3 Å². The number of methoxy groups -OCH3 is 1. The average Bonchev–Trinajstić information content (AvgIpc) is 3.38. The standard InChI is InChI=1S/C30H26N2O5S/c1-18-10-16-21(17-11-18)38-25-9-5-8-24(25)27-26(29(34)32(27)19-12-14-20(37-2)15-13-19)31-28(33)22-6-3-4-7-23(22)30(35)36/h3-17,24,26-27H,1-2H3,(H,31,33)(H,35,36)/t24?,26-,27+/m0/s1. The number of nitrogens with zero attached hydrogens (tertiary/aromatic N) is 1. The summed E-state index contributed by atoms with van der Waals surface area (Å²) < 4.78 is 5.27. The Morgan fingerprint density at radius 2 is 1.66 bits per heavy atom. The number of rotatable bonds is 8. The van der Waals surface area contributed by atoms with E-state index in [1.807, 2.05) is 37.3 Å². The quantitative estimate of drug-likeness (QED) is 0.398. The lowest BCUT2D eigenvalue weighted by atomic mass is 9.83. The van der Waals surface area contributed by atoms with Crippen LogP contribution in [0.2, 0.25) is 0 Å². The van der Waals surface area contributed by atoms with Crippen LogP contribution < -0.4 is 15.0 Å². The number of anilines is 1. The molecule has 3 aromatic carbocycles. The lowest BCUT2D eigenvalue weighted by Gasteiger charge is -2.50. The molecule has 192 valence electrons. The van der Waals surface area contributed by atoms with Gasteiger partial charge in [0.05, 0.1) is 24.3 Å². The van der Waals surface area contributed by atoms with Crippen molar-refractivity contribution in [3.05, 3.63) is 113 Å². The van der Waals surface area contributed by atoms with E-state index in [0.29, 0.717) is 11.4 Å². The third kappa shape index (κ3) is 4.82. The van der Waals surface area contributed by atoms with E-state index in [2.05, 4.69) is 29.6 Å². The zero-order valence-corrected chi connectivity index (χ0v) is 21.6. The number of carboxylic acid groups (broad SMARTS) is 1. The van der Waals surface area contributed by atoms with Crippen LogP contribution in [0.25, 0.3) is 0 Å². The number of aromatic carboxylic acids is 1. The molecular weight excluding hydrogens is 500 g/mol. The number of ether oxygens (including phenoxy) is 1. The van der Waals surface area contributed by atoms with Crippen molar-refractivity contribution in [3.63, 3.8) is 0 Å². The van der Waals surface area contributed by atoms with Crippen molar-refractivity contribution in [3.8, 4) is 5.75 Å². The first-order chi connectivity index (χ1) is 18.4. The number of allylic oxidation sites excluding steroid dienone is 2. The topological polar surface area (TPSA) is 95.9 Å². The number of carbonyl (C=O) groups excluding carboxylic acids is 2. The summed E-state index contributed by atoms with van der Waals surface area (Å²) in [5.41, 5.74) is 1.76. The number of carbonyl (C=O) groups is 3. The molecule has 1 saturated heterocycles. The Morgan fingerprint density at radius 1 is 0.974 bits per heavy atom. The van der Waals surface area contributed by atoms with Crippen LogP contribution in [-0.4, -0.2) is 42.1 Å². The van der Waals surface area contributed by atoms with E-state index >= 15 is 0 Å². The van der Waals surface area contributed by atoms with Gasteiger partial charge in [0.1, 0.15) is 11.8 Å². The fourth-order valence-electron chi connectivity index (χ4n) is 4.76. The van der Waals surface area contributed by atoms with Gasteiger partial charge in [0.2, 0.25) is 0 Å². The smallest absolute Gasteiger partial charge is 0.336 e. The number of hydrogen-bond acceptors (Lipinski definition) is 5. The molecule has 3 atom stereocenters. The second-order valence-corrected chi connectivity index (χ2v) is 10.2. The molecule has 2 aliphatic rings. The van der Waals surface area contributed by atoms with Crippen molar-refractivity contribution in [1.82, 2.24) is 5.32 Å². The summed E-state index contributed by atoms with van der Waals surface area (Å²) in [6, 6.07) is 20.2. The highest BCUT2D eigenvalue weighted by molar-refractivity contribution is 8.03. The van der Waals surface area contributed by atoms with Crippen LogP contribution >= 0.6 is 11.8 Å². The monoisotopic (exact) mass is 526 g/mol. The number of nitrogens with one attached hydrogen (secondary N) is 1. The summed E-state index contributed by atoms with van der Waals surface area (Å²) in [6.07, 6.45) is 6.03. The number of thioether (sulfide) groups is 1. The van der Waals surface area contributed by atoms with Gasteiger partial charge in [-0.2, -0.15) is 0 Å². The summed E-state index contributed by atoms with van der Waals surface area (Å²) in [7, 11) is 1.58. The van der Waals surface area contributed by atoms with Gasteiger partial charge in [-0.05, 0) is 60.4 Å². The normalized spacial score (nSPS) is 20.1. The molecule has 1 unspecified atom stereocenters. The Bertz CT molecular complexity index is 1450. The molecule has 1 aliphatic heterocycles. The van der Waals surface area contributed by atoms with Crippen LogP contribution in [-0.2, 0) is 4.79 Å². The van der Waals surface area contributed by atoms with Gasteiger partial charge in [0.15, 0.2) is 0 Å². The van der Waals surface area contributed by atoms with E-state index in [9.17, 15) is 19.5 Å². The minimum absolute atomic E-state index is 0.0150. The predicted molar refractivity (Wildman–Crippen MR) is 147 cm³/mol. The van der Waals surface area contributed by atoms with Crippen molar-refractivity contribution in [2.45, 2.75) is 23.9 Å². The van der Waals surface area contributed by atoms with Crippen molar-refractivity contribution in [2.75, 3.05) is 12.0 Å². The van der Waals surface area contributed by atoms with Crippen molar-refractivity contribution < 1.29 is 24.2 Å². The van der Waals surface area contributed by atoms with Crippen molar-refractivity contribution in [2.24, 2.45) is 5.92 Å². The molecule has 0 bridgehead atoms. The van der Waals surface area contributed by atoms with Gasteiger partial charge in [0.25, 0.3) is 11.8 Å². The zero-order valence-electron chi connectivity index (χ0n) is 20.8. The van der Waals surface area contributed by atoms with Crippen molar-refractivity contribution in [1.29, 1.82) is 0 Å². The average molecular weight is 527 g/mol. The fourth-order valence-corrected chi connectivity index (χ4v) is 5.80. The highest BCUT2D eigenvalue weighted by Crippen LogP contribution is 2.44. The van der Waals surface area contributed by atoms with E-state index in [4.69, 9.17) is 4.74 Å². The first-order valence-electron chi connectivity index (χ1n) is 12.1. The highest BCUT2D eigenvalue weighted by atomic mass is 32.2. The third-order valence-electron chi connectivity index (χ3n) is 6.71. The Kier molecular flexibility index (Phi) is 7.07. The van der Waals surface area contributed by atoms with Crippen LogP contribution in [0.4, 0.5) is 5.69 Å². The van der Waals surface area contributed by atoms with Crippen LogP contribution in [0.5, 0.6) is 5.75 Å². The van der Waals surface area contributed by atoms with E-state index < -0.39 is 24.0 Å². The molecule has 2 amide bonds. The maximum Gasteiger partial charge on any atom is 0.336 e. The molecule has 3 aromatic rings. The van der Waals surface area contributed by atoms with E-state index in [0.717, 1.165) is 9.80 Å². The summed E-state index contributed by atoms with van der Waals surface area (Å²) >= 11 is 1.62. The second kappa shape index (κ2) is 10.6. The summed E-state index contributed by atoms with van der Waals surface area (Å²) in [6.45, 7) is 2.04.